The van der Waals surface area contributed by atoms with Gasteiger partial charge >= 0.3 is 0 Å². The number of hydrogen-bond donors (Lipinski definition) is 2. The summed E-state index contributed by atoms with van der Waals surface area (Å²) in [4.78, 5) is 21.8. The molecule has 2 aromatic carbocycles. The zero-order chi connectivity index (χ0) is 25.2. The lowest BCUT2D eigenvalue weighted by Gasteiger charge is -2.16. The molecule has 5 aromatic rings. The molecule has 3 heterocycles. The van der Waals surface area contributed by atoms with Crippen molar-refractivity contribution in [2.75, 3.05) is 12.4 Å². The van der Waals surface area contributed by atoms with Gasteiger partial charge in [-0.05, 0) is 61.1 Å². The smallest absolute Gasteiger partial charge is 0.284 e. The molecule has 0 spiro atoms. The fourth-order valence-corrected chi connectivity index (χ4v) is 4.94. The van der Waals surface area contributed by atoms with Crippen molar-refractivity contribution < 1.29 is 4.74 Å². The van der Waals surface area contributed by atoms with Crippen molar-refractivity contribution in [3.63, 3.8) is 0 Å². The minimum atomic E-state index is -0.199. The van der Waals surface area contributed by atoms with Crippen molar-refractivity contribution >= 4 is 22.7 Å². The minimum Gasteiger partial charge on any atom is -0.497 e. The average molecular weight is 490 g/mol. The van der Waals surface area contributed by atoms with Gasteiger partial charge in [0.25, 0.3) is 5.56 Å². The molecule has 0 unspecified atom stereocenters. The van der Waals surface area contributed by atoms with Crippen LogP contribution in [0.3, 0.4) is 0 Å². The van der Waals surface area contributed by atoms with Gasteiger partial charge in [0.1, 0.15) is 22.9 Å². The highest BCUT2D eigenvalue weighted by Crippen LogP contribution is 2.37. The average Bonchev–Trinajstić information content (AvgIpc) is 3.35. The summed E-state index contributed by atoms with van der Waals surface area (Å²) in [7, 11) is 1.63. The van der Waals surface area contributed by atoms with Crippen LogP contribution >= 0.6 is 0 Å². The van der Waals surface area contributed by atoms with Gasteiger partial charge in [0.2, 0.25) is 0 Å². The molecule has 184 valence electrons. The summed E-state index contributed by atoms with van der Waals surface area (Å²) < 4.78 is 6.85. The Bertz CT molecular complexity index is 1640. The van der Waals surface area contributed by atoms with Crippen LogP contribution in [0.5, 0.6) is 5.75 Å². The van der Waals surface area contributed by atoms with Gasteiger partial charge in [-0.3, -0.25) is 9.78 Å². The molecule has 0 radical (unpaired) electrons. The first kappa shape index (κ1) is 22.8. The zero-order valence-electron chi connectivity index (χ0n) is 20.6. The Balaban J connectivity index is 1.65. The number of H-pyrrole nitrogens is 1. The van der Waals surface area contributed by atoms with Crippen molar-refractivity contribution in [1.82, 2.24) is 19.6 Å². The first-order chi connectivity index (χ1) is 18.2. The number of aromatic amines is 1. The Kier molecular flexibility index (Phi) is 6.02. The molecule has 0 saturated carbocycles. The lowest BCUT2D eigenvalue weighted by molar-refractivity contribution is 0.415. The lowest BCUT2D eigenvalue weighted by atomic mass is 9.92. The molecule has 0 fully saturated rings. The Morgan fingerprint density at radius 3 is 2.41 bits per heavy atom. The highest BCUT2D eigenvalue weighted by atomic mass is 16.5. The second-order valence-corrected chi connectivity index (χ2v) is 9.09. The Morgan fingerprint density at radius 1 is 0.919 bits per heavy atom. The van der Waals surface area contributed by atoms with Gasteiger partial charge in [0, 0.05) is 29.2 Å². The van der Waals surface area contributed by atoms with Crippen LogP contribution in [0.1, 0.15) is 31.2 Å². The summed E-state index contributed by atoms with van der Waals surface area (Å²) in [5, 5.41) is 8.32. The van der Waals surface area contributed by atoms with Crippen molar-refractivity contribution in [3.8, 4) is 28.1 Å². The number of aromatic nitrogens is 4. The number of nitrogens with one attached hydrogen (secondary N) is 2. The Labute approximate surface area is 214 Å². The monoisotopic (exact) mass is 489 g/mol. The van der Waals surface area contributed by atoms with Crippen LogP contribution in [-0.2, 0) is 0 Å². The minimum absolute atomic E-state index is 0.199. The summed E-state index contributed by atoms with van der Waals surface area (Å²) in [6.45, 7) is 0. The molecule has 7 nitrogen and oxygen atoms in total. The van der Waals surface area contributed by atoms with E-state index in [4.69, 9.17) is 9.84 Å². The Hall–Kier alpha value is -4.65. The Morgan fingerprint density at radius 2 is 1.70 bits per heavy atom. The van der Waals surface area contributed by atoms with Crippen LogP contribution in [0.15, 0.2) is 90.0 Å². The number of benzene rings is 2. The van der Waals surface area contributed by atoms with Gasteiger partial charge < -0.3 is 15.0 Å². The molecule has 1 aliphatic rings. The second-order valence-electron chi connectivity index (χ2n) is 9.09. The summed E-state index contributed by atoms with van der Waals surface area (Å²) in [6.07, 6.45) is 10.0. The van der Waals surface area contributed by atoms with E-state index in [-0.39, 0.29) is 5.56 Å². The molecule has 37 heavy (non-hydrogen) atoms. The fraction of sp³-hybridized carbons (Fsp3) is 0.167. The van der Waals surface area contributed by atoms with E-state index >= 15 is 0 Å². The topological polar surface area (TPSA) is 84.3 Å². The normalized spacial score (nSPS) is 13.4. The van der Waals surface area contributed by atoms with Crippen molar-refractivity contribution in [2.24, 2.45) is 0 Å². The molecule has 7 heteroatoms. The number of nitrogens with zero attached hydrogens (tertiary/aromatic N) is 3. The van der Waals surface area contributed by atoms with E-state index < -0.39 is 0 Å². The van der Waals surface area contributed by atoms with Gasteiger partial charge in [0.15, 0.2) is 0 Å². The number of hydrogen-bond acceptors (Lipinski definition) is 5. The molecule has 0 amide bonds. The first-order valence-corrected chi connectivity index (χ1v) is 12.5. The maximum absolute atomic E-state index is 14.2. The van der Waals surface area contributed by atoms with Crippen LogP contribution < -0.4 is 15.6 Å². The van der Waals surface area contributed by atoms with E-state index in [0.29, 0.717) is 17.0 Å². The number of ether oxygens (including phenoxy) is 1. The van der Waals surface area contributed by atoms with Crippen molar-refractivity contribution in [1.29, 1.82) is 0 Å². The predicted molar refractivity (Wildman–Crippen MR) is 147 cm³/mol. The lowest BCUT2D eigenvalue weighted by Crippen LogP contribution is -2.19. The van der Waals surface area contributed by atoms with E-state index in [2.05, 4.69) is 21.4 Å². The molecule has 0 bridgehead atoms. The van der Waals surface area contributed by atoms with Crippen LogP contribution in [0.25, 0.3) is 33.6 Å². The predicted octanol–water partition coefficient (Wildman–Crippen LogP) is 6.46. The quantitative estimate of drug-likeness (QED) is 0.286. The zero-order valence-corrected chi connectivity index (χ0v) is 20.6. The van der Waals surface area contributed by atoms with Crippen LogP contribution in [0, 0.1) is 0 Å². The molecule has 3 aromatic heterocycles. The van der Waals surface area contributed by atoms with E-state index in [9.17, 15) is 4.79 Å². The maximum atomic E-state index is 14.2. The standard InChI is InChI=1S/C30H27N5O2/c1-37-24-14-12-21(13-15-24)26-28(32-23-16-18-31-19-17-23)33-29-25(20-8-4-2-5-9-20)27(34-35(29)30(26)36)22-10-6-3-7-11-22/h3,6-8,10-19,33H,2,4-5,9H2,1H3,(H,31,32). The molecule has 6 rings (SSSR count). The fourth-order valence-electron chi connectivity index (χ4n) is 4.94. The van der Waals surface area contributed by atoms with Gasteiger partial charge in [0.05, 0.1) is 12.7 Å². The van der Waals surface area contributed by atoms with Crippen molar-refractivity contribution in [2.45, 2.75) is 25.7 Å². The van der Waals surface area contributed by atoms with Gasteiger partial charge in [-0.2, -0.15) is 9.61 Å². The van der Waals surface area contributed by atoms with Crippen LogP contribution in [0.2, 0.25) is 0 Å². The van der Waals surface area contributed by atoms with Crippen LogP contribution in [0.4, 0.5) is 11.5 Å². The van der Waals surface area contributed by atoms with Gasteiger partial charge in [-0.1, -0.05) is 48.5 Å². The highest BCUT2D eigenvalue weighted by molar-refractivity contribution is 5.89. The van der Waals surface area contributed by atoms with Gasteiger partial charge in [-0.15, -0.1) is 0 Å². The SMILES string of the molecule is COc1ccc(-c2c(Nc3ccncc3)[nH]c3c(C4=CCCCC4)c(-c4ccccc4)nn3c2=O)cc1. The molecule has 2 N–H and O–H groups in total. The number of pyridine rings is 1. The molecule has 0 atom stereocenters. The van der Waals surface area contributed by atoms with Gasteiger partial charge in [-0.25, -0.2) is 0 Å². The molecule has 0 aliphatic heterocycles. The third-order valence-electron chi connectivity index (χ3n) is 6.77. The molecule has 0 saturated heterocycles. The number of fused-ring (bicyclic) bond motifs is 1. The van der Waals surface area contributed by atoms with Crippen molar-refractivity contribution in [3.05, 3.63) is 101 Å². The van der Waals surface area contributed by atoms with E-state index in [1.807, 2.05) is 66.7 Å². The summed E-state index contributed by atoms with van der Waals surface area (Å²) >= 11 is 0. The molecular formula is C30H27N5O2. The number of rotatable bonds is 6. The summed E-state index contributed by atoms with van der Waals surface area (Å²) in [5.41, 5.74) is 6.57. The largest absolute Gasteiger partial charge is 0.497 e. The molecule has 1 aliphatic carbocycles. The third-order valence-corrected chi connectivity index (χ3v) is 6.77. The van der Waals surface area contributed by atoms with E-state index in [1.165, 1.54) is 16.5 Å². The number of anilines is 2. The summed E-state index contributed by atoms with van der Waals surface area (Å²) in [5.74, 6) is 1.33. The first-order valence-electron chi connectivity index (χ1n) is 12.5. The van der Waals surface area contributed by atoms with Crippen LogP contribution in [-0.4, -0.2) is 26.7 Å². The third kappa shape index (κ3) is 4.29. The number of allylic oxidation sites excluding steroid dienone is 2. The highest BCUT2D eigenvalue weighted by Gasteiger charge is 2.24. The van der Waals surface area contributed by atoms with E-state index in [1.54, 1.807) is 19.5 Å². The number of methoxy groups -OCH3 is 1. The van der Waals surface area contributed by atoms with E-state index in [0.717, 1.165) is 53.1 Å². The maximum Gasteiger partial charge on any atom is 0.284 e. The summed E-state index contributed by atoms with van der Waals surface area (Å²) in [6, 6.07) is 21.3. The second kappa shape index (κ2) is 9.78. The molecular weight excluding hydrogens is 462 g/mol.